The number of hydrogen-bond donors (Lipinski definition) is 1. The molecular weight excluding hydrogens is 238 g/mol. The summed E-state index contributed by atoms with van der Waals surface area (Å²) in [6.07, 6.45) is 10.0. The number of rotatable bonds is 4. The van der Waals surface area contributed by atoms with Crippen molar-refractivity contribution in [1.82, 2.24) is 5.32 Å². The van der Waals surface area contributed by atoms with Crippen molar-refractivity contribution in [2.75, 3.05) is 7.05 Å². The molecule has 1 heterocycles. The van der Waals surface area contributed by atoms with Gasteiger partial charge in [-0.15, -0.1) is 11.3 Å². The highest BCUT2D eigenvalue weighted by atomic mass is 32.1. The number of thiophene rings is 1. The largest absolute Gasteiger partial charge is 0.313 e. The molecule has 1 atom stereocenters. The van der Waals surface area contributed by atoms with Gasteiger partial charge < -0.3 is 5.32 Å². The van der Waals surface area contributed by atoms with Gasteiger partial charge in [0.2, 0.25) is 0 Å². The maximum atomic E-state index is 3.55. The molecular formula is C16H27NS. The number of aryl methyl sites for hydroxylation is 2. The Morgan fingerprint density at radius 3 is 2.39 bits per heavy atom. The van der Waals surface area contributed by atoms with Gasteiger partial charge >= 0.3 is 0 Å². The average molecular weight is 265 g/mol. The molecule has 1 nitrogen and oxygen atoms in total. The molecule has 2 heteroatoms. The van der Waals surface area contributed by atoms with E-state index in [2.05, 4.69) is 32.3 Å². The van der Waals surface area contributed by atoms with Crippen molar-refractivity contribution in [3.8, 4) is 0 Å². The third kappa shape index (κ3) is 3.58. The molecule has 0 radical (unpaired) electrons. The van der Waals surface area contributed by atoms with Gasteiger partial charge in [-0.3, -0.25) is 0 Å². The molecule has 1 fully saturated rings. The molecule has 1 aromatic rings. The van der Waals surface area contributed by atoms with Crippen LogP contribution in [0.2, 0.25) is 0 Å². The van der Waals surface area contributed by atoms with E-state index in [4.69, 9.17) is 0 Å². The maximum absolute atomic E-state index is 3.55. The standard InChI is InChI=1S/C16H27NS/c1-12-10-15(13(2)18-12)16(17-3)11-14-8-6-4-5-7-9-14/h10,14,16-17H,4-9,11H2,1-3H3. The average Bonchev–Trinajstić information content (AvgIpc) is 2.57. The molecule has 0 aliphatic heterocycles. The zero-order valence-corrected chi connectivity index (χ0v) is 12.9. The lowest BCUT2D eigenvalue weighted by Gasteiger charge is -2.22. The molecule has 0 saturated heterocycles. The normalized spacial score (nSPS) is 19.7. The molecule has 1 N–H and O–H groups in total. The van der Waals surface area contributed by atoms with Crippen LogP contribution in [0.15, 0.2) is 6.07 Å². The number of nitrogens with one attached hydrogen (secondary N) is 1. The minimum atomic E-state index is 0.568. The van der Waals surface area contributed by atoms with Gasteiger partial charge in [-0.05, 0) is 44.9 Å². The maximum Gasteiger partial charge on any atom is 0.0331 e. The molecule has 2 rings (SSSR count). The first-order chi connectivity index (χ1) is 8.70. The van der Waals surface area contributed by atoms with Gasteiger partial charge in [0.05, 0.1) is 0 Å². The quantitative estimate of drug-likeness (QED) is 0.757. The minimum Gasteiger partial charge on any atom is -0.313 e. The van der Waals surface area contributed by atoms with Gasteiger partial charge in [-0.1, -0.05) is 38.5 Å². The van der Waals surface area contributed by atoms with Gasteiger partial charge in [0.1, 0.15) is 0 Å². The fourth-order valence-corrected chi connectivity index (χ4v) is 4.32. The monoisotopic (exact) mass is 265 g/mol. The molecule has 18 heavy (non-hydrogen) atoms. The van der Waals surface area contributed by atoms with E-state index in [1.807, 2.05) is 11.3 Å². The molecule has 1 aromatic heterocycles. The number of hydrogen-bond acceptors (Lipinski definition) is 2. The predicted molar refractivity (Wildman–Crippen MR) is 81.4 cm³/mol. The summed E-state index contributed by atoms with van der Waals surface area (Å²) in [6.45, 7) is 4.49. The van der Waals surface area contributed by atoms with Crippen LogP contribution in [0.4, 0.5) is 0 Å². The first kappa shape index (κ1) is 14.1. The summed E-state index contributed by atoms with van der Waals surface area (Å²) in [5, 5.41) is 3.55. The van der Waals surface area contributed by atoms with Gasteiger partial charge in [0.15, 0.2) is 0 Å². The van der Waals surface area contributed by atoms with Crippen molar-refractivity contribution in [2.45, 2.75) is 64.8 Å². The van der Waals surface area contributed by atoms with Crippen LogP contribution in [0, 0.1) is 19.8 Å². The minimum absolute atomic E-state index is 0.568. The van der Waals surface area contributed by atoms with Crippen molar-refractivity contribution < 1.29 is 0 Å². The Labute approximate surface area is 116 Å². The summed E-state index contributed by atoms with van der Waals surface area (Å²) in [7, 11) is 2.12. The van der Waals surface area contributed by atoms with Crippen molar-refractivity contribution >= 4 is 11.3 Å². The van der Waals surface area contributed by atoms with E-state index in [1.165, 1.54) is 54.7 Å². The first-order valence-corrected chi connectivity index (χ1v) is 8.26. The van der Waals surface area contributed by atoms with Gasteiger partial charge in [-0.2, -0.15) is 0 Å². The highest BCUT2D eigenvalue weighted by molar-refractivity contribution is 7.12. The van der Waals surface area contributed by atoms with Crippen molar-refractivity contribution in [3.05, 3.63) is 21.4 Å². The van der Waals surface area contributed by atoms with E-state index in [9.17, 15) is 0 Å². The Bertz CT molecular complexity index is 361. The summed E-state index contributed by atoms with van der Waals surface area (Å²) in [6, 6.07) is 2.95. The van der Waals surface area contributed by atoms with Crippen LogP contribution in [0.3, 0.4) is 0 Å². The van der Waals surface area contributed by atoms with Gasteiger partial charge in [0, 0.05) is 15.8 Å². The third-order valence-corrected chi connectivity index (χ3v) is 5.33. The highest BCUT2D eigenvalue weighted by Crippen LogP contribution is 2.34. The Morgan fingerprint density at radius 1 is 1.22 bits per heavy atom. The summed E-state index contributed by atoms with van der Waals surface area (Å²) in [4.78, 5) is 2.95. The van der Waals surface area contributed by atoms with E-state index >= 15 is 0 Å². The fourth-order valence-electron chi connectivity index (χ4n) is 3.33. The Kier molecular flexibility index (Phi) is 5.25. The second-order valence-electron chi connectivity index (χ2n) is 5.80. The lowest BCUT2D eigenvalue weighted by atomic mass is 9.89. The van der Waals surface area contributed by atoms with Crippen molar-refractivity contribution in [3.63, 3.8) is 0 Å². The lowest BCUT2D eigenvalue weighted by Crippen LogP contribution is -2.20. The predicted octanol–water partition coefficient (Wildman–Crippen LogP) is 4.99. The van der Waals surface area contributed by atoms with Gasteiger partial charge in [0.25, 0.3) is 0 Å². The molecule has 1 saturated carbocycles. The highest BCUT2D eigenvalue weighted by Gasteiger charge is 2.20. The smallest absolute Gasteiger partial charge is 0.0331 e. The molecule has 1 aliphatic rings. The van der Waals surface area contributed by atoms with E-state index in [-0.39, 0.29) is 0 Å². The van der Waals surface area contributed by atoms with Crippen LogP contribution in [0.1, 0.15) is 66.3 Å². The van der Waals surface area contributed by atoms with E-state index in [0.29, 0.717) is 6.04 Å². The Morgan fingerprint density at radius 2 is 1.89 bits per heavy atom. The molecule has 0 spiro atoms. The zero-order chi connectivity index (χ0) is 13.0. The Hall–Kier alpha value is -0.340. The van der Waals surface area contributed by atoms with Crippen LogP contribution in [-0.2, 0) is 0 Å². The lowest BCUT2D eigenvalue weighted by molar-refractivity contribution is 0.368. The summed E-state index contributed by atoms with van der Waals surface area (Å²) in [5.41, 5.74) is 1.55. The summed E-state index contributed by atoms with van der Waals surface area (Å²) >= 11 is 1.94. The summed E-state index contributed by atoms with van der Waals surface area (Å²) < 4.78 is 0. The summed E-state index contributed by atoms with van der Waals surface area (Å²) in [5.74, 6) is 0.935. The third-order valence-electron chi connectivity index (χ3n) is 4.35. The van der Waals surface area contributed by atoms with Crippen LogP contribution in [-0.4, -0.2) is 7.05 Å². The van der Waals surface area contributed by atoms with Crippen LogP contribution < -0.4 is 5.32 Å². The molecule has 102 valence electrons. The second kappa shape index (κ2) is 6.72. The van der Waals surface area contributed by atoms with Crippen molar-refractivity contribution in [1.29, 1.82) is 0 Å². The zero-order valence-electron chi connectivity index (χ0n) is 12.1. The SMILES string of the molecule is CNC(CC1CCCCCC1)c1cc(C)sc1C. The topological polar surface area (TPSA) is 12.0 Å². The van der Waals surface area contributed by atoms with Gasteiger partial charge in [-0.25, -0.2) is 0 Å². The molecule has 1 aliphatic carbocycles. The molecule has 1 unspecified atom stereocenters. The molecule has 0 amide bonds. The Balaban J connectivity index is 2.02. The molecule has 0 bridgehead atoms. The van der Waals surface area contributed by atoms with Crippen LogP contribution >= 0.6 is 11.3 Å². The first-order valence-electron chi connectivity index (χ1n) is 7.45. The van der Waals surface area contributed by atoms with E-state index in [0.717, 1.165) is 5.92 Å². The second-order valence-corrected chi connectivity index (χ2v) is 7.26. The van der Waals surface area contributed by atoms with Crippen molar-refractivity contribution in [2.24, 2.45) is 5.92 Å². The van der Waals surface area contributed by atoms with E-state index < -0.39 is 0 Å². The fraction of sp³-hybridized carbons (Fsp3) is 0.750. The van der Waals surface area contributed by atoms with Crippen LogP contribution in [0.25, 0.3) is 0 Å². The van der Waals surface area contributed by atoms with E-state index in [1.54, 1.807) is 5.56 Å². The molecule has 0 aromatic carbocycles. The van der Waals surface area contributed by atoms with Crippen LogP contribution in [0.5, 0.6) is 0 Å².